The predicted octanol–water partition coefficient (Wildman–Crippen LogP) is 3.03. The zero-order valence-corrected chi connectivity index (χ0v) is 8.96. The minimum absolute atomic E-state index is 0.236. The highest BCUT2D eigenvalue weighted by atomic mass is 19.1. The van der Waals surface area contributed by atoms with Crippen molar-refractivity contribution in [1.29, 1.82) is 5.26 Å². The first kappa shape index (κ1) is 11.5. The molecule has 0 aromatic heterocycles. The maximum absolute atomic E-state index is 12.6. The fourth-order valence-corrected chi connectivity index (χ4v) is 1.42. The van der Waals surface area contributed by atoms with Crippen molar-refractivity contribution in [3.05, 3.63) is 29.3 Å². The maximum Gasteiger partial charge on any atom is 0.140 e. The molecule has 1 atom stereocenters. The third kappa shape index (κ3) is 2.47. The van der Waals surface area contributed by atoms with Gasteiger partial charge in [-0.15, -0.1) is 0 Å². The Morgan fingerprint density at radius 3 is 2.80 bits per heavy atom. The summed E-state index contributed by atoms with van der Waals surface area (Å²) in [5.74, 6) is 0.285. The molecular formula is C12H14FNO. The summed E-state index contributed by atoms with van der Waals surface area (Å²) in [6.45, 7) is 3.65. The molecule has 0 N–H and O–H groups in total. The normalized spacial score (nSPS) is 11.9. The molecular weight excluding hydrogens is 193 g/mol. The molecule has 2 nitrogen and oxygen atoms in total. The molecule has 0 aliphatic rings. The smallest absolute Gasteiger partial charge is 0.140 e. The number of para-hydroxylation sites is 1. The monoisotopic (exact) mass is 207 g/mol. The van der Waals surface area contributed by atoms with Crippen LogP contribution in [0, 0.1) is 11.3 Å². The van der Waals surface area contributed by atoms with Gasteiger partial charge in [-0.05, 0) is 13.0 Å². The van der Waals surface area contributed by atoms with Crippen LogP contribution >= 0.6 is 0 Å². The second-order valence-electron chi connectivity index (χ2n) is 3.32. The van der Waals surface area contributed by atoms with Crippen molar-refractivity contribution < 1.29 is 9.13 Å². The molecule has 0 saturated heterocycles. The molecule has 1 unspecified atom stereocenters. The topological polar surface area (TPSA) is 33.0 Å². The summed E-state index contributed by atoms with van der Waals surface area (Å²) in [7, 11) is 0. The summed E-state index contributed by atoms with van der Waals surface area (Å²) in [5.41, 5.74) is 1.23. The Kier molecular flexibility index (Phi) is 4.11. The van der Waals surface area contributed by atoms with Crippen molar-refractivity contribution in [1.82, 2.24) is 0 Å². The zero-order valence-electron chi connectivity index (χ0n) is 8.96. The molecule has 1 aromatic rings. The van der Waals surface area contributed by atoms with Crippen LogP contribution in [0.25, 0.3) is 0 Å². The molecule has 1 rings (SSSR count). The van der Waals surface area contributed by atoms with Gasteiger partial charge < -0.3 is 4.74 Å². The van der Waals surface area contributed by atoms with E-state index in [9.17, 15) is 4.39 Å². The quantitative estimate of drug-likeness (QED) is 0.760. The summed E-state index contributed by atoms with van der Waals surface area (Å²) in [5, 5.41) is 8.90. The molecule has 0 spiro atoms. The van der Waals surface area contributed by atoms with E-state index < -0.39 is 6.67 Å². The highest BCUT2D eigenvalue weighted by molar-refractivity contribution is 5.49. The first-order valence-electron chi connectivity index (χ1n) is 4.96. The van der Waals surface area contributed by atoms with Crippen LogP contribution in [-0.4, -0.2) is 13.3 Å². The van der Waals surface area contributed by atoms with Gasteiger partial charge in [-0.3, -0.25) is 4.39 Å². The lowest BCUT2D eigenvalue weighted by Gasteiger charge is -2.14. The van der Waals surface area contributed by atoms with Gasteiger partial charge in [0.1, 0.15) is 11.8 Å². The van der Waals surface area contributed by atoms with Crippen molar-refractivity contribution in [2.75, 3.05) is 13.3 Å². The molecule has 0 saturated carbocycles. The Hall–Kier alpha value is -1.56. The van der Waals surface area contributed by atoms with Crippen molar-refractivity contribution >= 4 is 0 Å². The standard InChI is InChI=1S/C12H14FNO/c1-3-15-12-10(8-14)5-4-6-11(12)9(2)7-13/h4-6,9H,3,7H2,1-2H3. The van der Waals surface area contributed by atoms with Crippen LogP contribution < -0.4 is 4.74 Å². The van der Waals surface area contributed by atoms with E-state index in [-0.39, 0.29) is 5.92 Å². The molecule has 15 heavy (non-hydrogen) atoms. The summed E-state index contributed by atoms with van der Waals surface area (Å²) < 4.78 is 18.0. The number of nitrogens with zero attached hydrogens (tertiary/aromatic N) is 1. The molecule has 0 bridgehead atoms. The number of nitriles is 1. The first-order chi connectivity index (χ1) is 7.24. The van der Waals surface area contributed by atoms with E-state index in [0.29, 0.717) is 17.9 Å². The van der Waals surface area contributed by atoms with Gasteiger partial charge in [-0.25, -0.2) is 0 Å². The summed E-state index contributed by atoms with van der Waals surface area (Å²) in [4.78, 5) is 0. The predicted molar refractivity (Wildman–Crippen MR) is 56.7 cm³/mol. The summed E-state index contributed by atoms with van der Waals surface area (Å²) in [6.07, 6.45) is 0. The van der Waals surface area contributed by atoms with E-state index in [1.54, 1.807) is 25.1 Å². The fraction of sp³-hybridized carbons (Fsp3) is 0.417. The number of hydrogen-bond acceptors (Lipinski definition) is 2. The molecule has 0 fully saturated rings. The van der Waals surface area contributed by atoms with Crippen molar-refractivity contribution in [3.8, 4) is 11.8 Å². The Balaban J connectivity index is 3.20. The maximum atomic E-state index is 12.6. The molecule has 0 aliphatic heterocycles. The van der Waals surface area contributed by atoms with Crippen molar-refractivity contribution in [2.24, 2.45) is 0 Å². The van der Waals surface area contributed by atoms with Crippen LogP contribution in [0.2, 0.25) is 0 Å². The molecule has 0 heterocycles. The number of rotatable bonds is 4. The Morgan fingerprint density at radius 2 is 2.27 bits per heavy atom. The van der Waals surface area contributed by atoms with Crippen LogP contribution in [0.5, 0.6) is 5.75 Å². The van der Waals surface area contributed by atoms with Gasteiger partial charge in [0.2, 0.25) is 0 Å². The van der Waals surface area contributed by atoms with Crippen molar-refractivity contribution in [3.63, 3.8) is 0 Å². The lowest BCUT2D eigenvalue weighted by Crippen LogP contribution is -2.03. The molecule has 0 amide bonds. The fourth-order valence-electron chi connectivity index (χ4n) is 1.42. The molecule has 3 heteroatoms. The third-order valence-electron chi connectivity index (χ3n) is 2.22. The number of ether oxygens (including phenoxy) is 1. The van der Waals surface area contributed by atoms with Gasteiger partial charge in [-0.2, -0.15) is 5.26 Å². The van der Waals surface area contributed by atoms with Gasteiger partial charge in [-0.1, -0.05) is 19.1 Å². The molecule has 0 aliphatic carbocycles. The Morgan fingerprint density at radius 1 is 1.53 bits per heavy atom. The Labute approximate surface area is 89.3 Å². The van der Waals surface area contributed by atoms with E-state index in [2.05, 4.69) is 6.07 Å². The number of hydrogen-bond donors (Lipinski definition) is 0. The number of alkyl halides is 1. The highest BCUT2D eigenvalue weighted by Crippen LogP contribution is 2.30. The van der Waals surface area contributed by atoms with Gasteiger partial charge in [0.25, 0.3) is 0 Å². The van der Waals surface area contributed by atoms with Crippen LogP contribution in [0.15, 0.2) is 18.2 Å². The van der Waals surface area contributed by atoms with Crippen LogP contribution in [0.4, 0.5) is 4.39 Å². The largest absolute Gasteiger partial charge is 0.492 e. The van der Waals surface area contributed by atoms with E-state index in [1.807, 2.05) is 6.92 Å². The SMILES string of the molecule is CCOc1c(C#N)cccc1C(C)CF. The lowest BCUT2D eigenvalue weighted by molar-refractivity contribution is 0.329. The third-order valence-corrected chi connectivity index (χ3v) is 2.22. The highest BCUT2D eigenvalue weighted by Gasteiger charge is 2.14. The second kappa shape index (κ2) is 5.35. The van der Waals surface area contributed by atoms with Crippen LogP contribution in [0.1, 0.15) is 30.9 Å². The van der Waals surface area contributed by atoms with Crippen LogP contribution in [-0.2, 0) is 0 Å². The number of halogens is 1. The van der Waals surface area contributed by atoms with Crippen LogP contribution in [0.3, 0.4) is 0 Å². The second-order valence-corrected chi connectivity index (χ2v) is 3.32. The Bertz CT molecular complexity index is 370. The van der Waals surface area contributed by atoms with E-state index >= 15 is 0 Å². The first-order valence-corrected chi connectivity index (χ1v) is 4.96. The van der Waals surface area contributed by atoms with Gasteiger partial charge in [0.05, 0.1) is 18.8 Å². The minimum atomic E-state index is -0.449. The lowest BCUT2D eigenvalue weighted by atomic mass is 9.99. The summed E-state index contributed by atoms with van der Waals surface area (Å²) in [6, 6.07) is 7.29. The summed E-state index contributed by atoms with van der Waals surface area (Å²) >= 11 is 0. The average Bonchev–Trinajstić information content (AvgIpc) is 2.28. The van der Waals surface area contributed by atoms with Gasteiger partial charge >= 0.3 is 0 Å². The van der Waals surface area contributed by atoms with Gasteiger partial charge in [0.15, 0.2) is 0 Å². The van der Waals surface area contributed by atoms with E-state index in [4.69, 9.17) is 10.00 Å². The van der Waals surface area contributed by atoms with E-state index in [1.165, 1.54) is 0 Å². The van der Waals surface area contributed by atoms with Gasteiger partial charge in [0, 0.05) is 11.5 Å². The molecule has 1 aromatic carbocycles. The molecule has 80 valence electrons. The van der Waals surface area contributed by atoms with Crippen molar-refractivity contribution in [2.45, 2.75) is 19.8 Å². The minimum Gasteiger partial charge on any atom is -0.492 e. The number of benzene rings is 1. The molecule has 0 radical (unpaired) electrons. The zero-order chi connectivity index (χ0) is 11.3. The average molecular weight is 207 g/mol. The van der Waals surface area contributed by atoms with E-state index in [0.717, 1.165) is 5.56 Å².